The maximum atomic E-state index is 11.2. The number of aromatic carboxylic acids is 1. The maximum absolute atomic E-state index is 11.2. The van der Waals surface area contributed by atoms with Gasteiger partial charge in [-0.25, -0.2) is 4.79 Å². The fraction of sp³-hybridized carbons (Fsp3) is 0.545. The molecule has 4 nitrogen and oxygen atoms in total. The van der Waals surface area contributed by atoms with Crippen LogP contribution < -0.4 is 5.32 Å². The Bertz CT molecular complexity index is 418. The van der Waals surface area contributed by atoms with Crippen LogP contribution in [0.3, 0.4) is 0 Å². The number of rotatable bonds is 2. The number of fused-ring (bicyclic) bond motifs is 1. The fourth-order valence-electron chi connectivity index (χ4n) is 2.36. The van der Waals surface area contributed by atoms with Crippen molar-refractivity contribution in [3.8, 4) is 0 Å². The normalized spacial score (nSPS) is 20.0. The van der Waals surface area contributed by atoms with Crippen LogP contribution in [0.2, 0.25) is 0 Å². The van der Waals surface area contributed by atoms with Gasteiger partial charge in [0, 0.05) is 18.0 Å². The van der Waals surface area contributed by atoms with E-state index in [0.717, 1.165) is 29.9 Å². The van der Waals surface area contributed by atoms with Gasteiger partial charge < -0.3 is 14.8 Å². The molecule has 1 aliphatic carbocycles. The minimum Gasteiger partial charge on any atom is -0.478 e. The summed E-state index contributed by atoms with van der Waals surface area (Å²) in [6.07, 6.45) is 3.33. The van der Waals surface area contributed by atoms with E-state index in [0.29, 0.717) is 24.6 Å². The maximum Gasteiger partial charge on any atom is 0.339 e. The van der Waals surface area contributed by atoms with Gasteiger partial charge in [-0.05, 0) is 12.8 Å². The van der Waals surface area contributed by atoms with E-state index in [4.69, 9.17) is 4.42 Å². The van der Waals surface area contributed by atoms with E-state index in [1.807, 2.05) is 0 Å². The molecule has 0 amide bonds. The van der Waals surface area contributed by atoms with Crippen molar-refractivity contribution in [3.63, 3.8) is 0 Å². The summed E-state index contributed by atoms with van der Waals surface area (Å²) in [6, 6.07) is 0. The molecule has 2 aliphatic rings. The zero-order valence-corrected chi connectivity index (χ0v) is 8.38. The van der Waals surface area contributed by atoms with Gasteiger partial charge in [-0.1, -0.05) is 6.42 Å². The second-order valence-corrected chi connectivity index (χ2v) is 4.28. The van der Waals surface area contributed by atoms with E-state index in [2.05, 4.69) is 5.32 Å². The molecule has 4 heteroatoms. The predicted octanol–water partition coefficient (Wildman–Crippen LogP) is 1.85. The summed E-state index contributed by atoms with van der Waals surface area (Å²) < 4.78 is 5.68. The first-order valence-electron chi connectivity index (χ1n) is 5.36. The second-order valence-electron chi connectivity index (χ2n) is 4.28. The third-order valence-electron chi connectivity index (χ3n) is 3.40. The van der Waals surface area contributed by atoms with E-state index in [1.165, 1.54) is 6.42 Å². The Hall–Kier alpha value is -1.29. The number of hydrogen-bond donors (Lipinski definition) is 2. The van der Waals surface area contributed by atoms with Crippen LogP contribution in [-0.2, 0) is 13.1 Å². The second kappa shape index (κ2) is 3.10. The third-order valence-corrected chi connectivity index (χ3v) is 3.40. The van der Waals surface area contributed by atoms with Crippen molar-refractivity contribution in [1.82, 2.24) is 5.32 Å². The van der Waals surface area contributed by atoms with Crippen molar-refractivity contribution in [1.29, 1.82) is 0 Å². The van der Waals surface area contributed by atoms with Gasteiger partial charge in [-0.2, -0.15) is 0 Å². The highest BCUT2D eigenvalue weighted by atomic mass is 16.4. The van der Waals surface area contributed by atoms with Crippen LogP contribution in [0.25, 0.3) is 0 Å². The monoisotopic (exact) mass is 207 g/mol. The largest absolute Gasteiger partial charge is 0.478 e. The molecular formula is C11H13NO3. The first-order valence-corrected chi connectivity index (χ1v) is 5.36. The zero-order chi connectivity index (χ0) is 10.4. The van der Waals surface area contributed by atoms with Crippen molar-refractivity contribution in [2.75, 3.05) is 0 Å². The molecule has 80 valence electrons. The lowest BCUT2D eigenvalue weighted by Gasteiger charge is -2.23. The molecule has 0 spiro atoms. The molecule has 1 saturated carbocycles. The highest BCUT2D eigenvalue weighted by Crippen LogP contribution is 2.41. The quantitative estimate of drug-likeness (QED) is 0.776. The number of nitrogens with one attached hydrogen (secondary N) is 1. The predicted molar refractivity (Wildman–Crippen MR) is 52.8 cm³/mol. The van der Waals surface area contributed by atoms with Gasteiger partial charge in [0.25, 0.3) is 0 Å². The molecule has 2 N–H and O–H groups in total. The highest BCUT2D eigenvalue weighted by molar-refractivity contribution is 5.91. The van der Waals surface area contributed by atoms with Gasteiger partial charge >= 0.3 is 5.97 Å². The van der Waals surface area contributed by atoms with Crippen LogP contribution in [0.1, 0.15) is 52.6 Å². The molecule has 1 aromatic rings. The van der Waals surface area contributed by atoms with Crippen molar-refractivity contribution in [2.45, 2.75) is 38.3 Å². The summed E-state index contributed by atoms with van der Waals surface area (Å²) in [6.45, 7) is 1.30. The Morgan fingerprint density at radius 1 is 1.40 bits per heavy atom. The number of carboxylic acids is 1. The Morgan fingerprint density at radius 3 is 2.80 bits per heavy atom. The first-order chi connectivity index (χ1) is 7.27. The lowest BCUT2D eigenvalue weighted by molar-refractivity contribution is 0.0691. The van der Waals surface area contributed by atoms with Crippen LogP contribution in [0.15, 0.2) is 4.42 Å². The minimum absolute atomic E-state index is 0.349. The lowest BCUT2D eigenvalue weighted by Crippen LogP contribution is -2.14. The zero-order valence-electron chi connectivity index (χ0n) is 8.38. The van der Waals surface area contributed by atoms with Crippen molar-refractivity contribution in [3.05, 3.63) is 22.6 Å². The summed E-state index contributed by atoms with van der Waals surface area (Å²) in [5.74, 6) is 1.06. The van der Waals surface area contributed by atoms with Crippen LogP contribution in [0.4, 0.5) is 0 Å². The molecule has 0 aromatic carbocycles. The molecule has 3 rings (SSSR count). The average molecular weight is 207 g/mol. The molecule has 1 aromatic heterocycles. The van der Waals surface area contributed by atoms with Gasteiger partial charge in [0.05, 0.1) is 6.54 Å². The third kappa shape index (κ3) is 1.21. The summed E-state index contributed by atoms with van der Waals surface area (Å²) in [5, 5.41) is 12.3. The standard InChI is InChI=1S/C11H13NO3/c13-11(14)9-7-4-12-5-8(7)15-10(9)6-2-1-3-6/h6,12H,1-5H2,(H,13,14). The SMILES string of the molecule is O=C(O)c1c(C2CCC2)oc2c1CNC2. The Balaban J connectivity index is 2.09. The fourth-order valence-corrected chi connectivity index (χ4v) is 2.36. The van der Waals surface area contributed by atoms with E-state index in [-0.39, 0.29) is 0 Å². The van der Waals surface area contributed by atoms with Gasteiger partial charge in [0.1, 0.15) is 17.1 Å². The smallest absolute Gasteiger partial charge is 0.339 e. The van der Waals surface area contributed by atoms with Gasteiger partial charge in [-0.15, -0.1) is 0 Å². The van der Waals surface area contributed by atoms with E-state index < -0.39 is 5.97 Å². The Kier molecular flexibility index (Phi) is 1.85. The summed E-state index contributed by atoms with van der Waals surface area (Å²) in [5.41, 5.74) is 1.30. The molecule has 1 aliphatic heterocycles. The number of hydrogen-bond acceptors (Lipinski definition) is 3. The van der Waals surface area contributed by atoms with Gasteiger partial charge in [0.15, 0.2) is 0 Å². The van der Waals surface area contributed by atoms with Crippen molar-refractivity contribution < 1.29 is 14.3 Å². The molecule has 0 radical (unpaired) electrons. The van der Waals surface area contributed by atoms with Crippen LogP contribution >= 0.6 is 0 Å². The van der Waals surface area contributed by atoms with E-state index in [1.54, 1.807) is 0 Å². The van der Waals surface area contributed by atoms with Crippen molar-refractivity contribution >= 4 is 5.97 Å². The number of carbonyl (C=O) groups is 1. The molecule has 0 bridgehead atoms. The Morgan fingerprint density at radius 2 is 2.20 bits per heavy atom. The molecule has 0 unspecified atom stereocenters. The van der Waals surface area contributed by atoms with Crippen molar-refractivity contribution in [2.24, 2.45) is 0 Å². The van der Waals surface area contributed by atoms with E-state index in [9.17, 15) is 9.90 Å². The highest BCUT2D eigenvalue weighted by Gasteiger charge is 2.34. The molecule has 0 atom stereocenters. The average Bonchev–Trinajstić information content (AvgIpc) is 2.58. The molecule has 0 saturated heterocycles. The molecule has 15 heavy (non-hydrogen) atoms. The minimum atomic E-state index is -0.842. The first kappa shape index (κ1) is 8.97. The number of carboxylic acid groups (broad SMARTS) is 1. The Labute approximate surface area is 87.3 Å². The van der Waals surface area contributed by atoms with Crippen LogP contribution in [0.5, 0.6) is 0 Å². The topological polar surface area (TPSA) is 62.5 Å². The molecular weight excluding hydrogens is 194 g/mol. The summed E-state index contributed by atoms with van der Waals surface area (Å²) >= 11 is 0. The molecule has 2 heterocycles. The molecule has 1 fully saturated rings. The summed E-state index contributed by atoms with van der Waals surface area (Å²) in [7, 11) is 0. The number of furan rings is 1. The van der Waals surface area contributed by atoms with Gasteiger partial charge in [0.2, 0.25) is 0 Å². The summed E-state index contributed by atoms with van der Waals surface area (Å²) in [4.78, 5) is 11.2. The van der Waals surface area contributed by atoms with Crippen LogP contribution in [0, 0.1) is 0 Å². The van der Waals surface area contributed by atoms with Crippen LogP contribution in [-0.4, -0.2) is 11.1 Å². The lowest BCUT2D eigenvalue weighted by atomic mass is 9.82. The van der Waals surface area contributed by atoms with Gasteiger partial charge in [-0.3, -0.25) is 0 Å². The van der Waals surface area contributed by atoms with E-state index >= 15 is 0 Å².